The minimum Gasteiger partial charge on any atom is -0.497 e. The zero-order valence-corrected chi connectivity index (χ0v) is 17.5. The number of carbonyl (C=O) groups is 1. The third-order valence-electron chi connectivity index (χ3n) is 4.76. The minimum absolute atomic E-state index is 0.0742. The highest BCUT2D eigenvalue weighted by atomic mass is 16.5. The number of benzene rings is 3. The van der Waals surface area contributed by atoms with Crippen molar-refractivity contribution in [2.24, 2.45) is 0 Å². The van der Waals surface area contributed by atoms with Crippen LogP contribution in [0.2, 0.25) is 0 Å². The van der Waals surface area contributed by atoms with E-state index in [4.69, 9.17) is 18.6 Å². The van der Waals surface area contributed by atoms with Gasteiger partial charge in [-0.2, -0.15) is 0 Å². The molecule has 0 amide bonds. The summed E-state index contributed by atoms with van der Waals surface area (Å²) in [5.41, 5.74) is 1.43. The van der Waals surface area contributed by atoms with Crippen LogP contribution in [0.4, 0.5) is 0 Å². The monoisotopic (exact) mass is 432 g/mol. The molecular weight excluding hydrogens is 412 g/mol. The Morgan fingerprint density at radius 1 is 0.906 bits per heavy atom. The summed E-state index contributed by atoms with van der Waals surface area (Å²) < 4.78 is 26.9. The number of fused-ring (bicyclic) bond motifs is 1. The second kappa shape index (κ2) is 9.26. The first-order valence-electron chi connectivity index (χ1n) is 9.75. The summed E-state index contributed by atoms with van der Waals surface area (Å²) in [5.74, 6) is 1.31. The molecule has 0 saturated carbocycles. The highest BCUT2D eigenvalue weighted by Crippen LogP contribution is 2.26. The van der Waals surface area contributed by atoms with Crippen molar-refractivity contribution in [3.05, 3.63) is 94.3 Å². The molecule has 1 aromatic heterocycles. The molecule has 0 unspecified atom stereocenters. The van der Waals surface area contributed by atoms with E-state index in [-0.39, 0.29) is 17.8 Å². The Morgan fingerprint density at radius 2 is 1.69 bits per heavy atom. The van der Waals surface area contributed by atoms with E-state index in [1.807, 2.05) is 0 Å². The fourth-order valence-electron chi connectivity index (χ4n) is 3.06. The van der Waals surface area contributed by atoms with Crippen molar-refractivity contribution in [1.82, 2.24) is 0 Å². The van der Waals surface area contributed by atoms with E-state index in [0.29, 0.717) is 33.8 Å². The lowest BCUT2D eigenvalue weighted by Gasteiger charge is -2.09. The van der Waals surface area contributed by atoms with Crippen molar-refractivity contribution >= 4 is 16.9 Å². The van der Waals surface area contributed by atoms with E-state index >= 15 is 0 Å². The van der Waals surface area contributed by atoms with Crippen LogP contribution < -0.4 is 19.6 Å². The Labute approximate surface area is 183 Å². The summed E-state index contributed by atoms with van der Waals surface area (Å²) in [7, 11) is 2.89. The quantitative estimate of drug-likeness (QED) is 0.382. The lowest BCUT2D eigenvalue weighted by Crippen LogP contribution is -2.05. The molecule has 7 heteroatoms. The first-order chi connectivity index (χ1) is 15.6. The highest BCUT2D eigenvalue weighted by Gasteiger charge is 2.11. The van der Waals surface area contributed by atoms with Crippen LogP contribution in [0, 0.1) is 0 Å². The van der Waals surface area contributed by atoms with Gasteiger partial charge in [0.1, 0.15) is 35.7 Å². The molecular formula is C25H20O7. The fourth-order valence-corrected chi connectivity index (χ4v) is 3.06. The van der Waals surface area contributed by atoms with Crippen molar-refractivity contribution in [3.63, 3.8) is 0 Å². The number of hydrogen-bond donors (Lipinski definition) is 0. The molecule has 0 aliphatic rings. The minimum atomic E-state index is -0.392. The maximum Gasteiger partial charge on any atom is 0.337 e. The van der Waals surface area contributed by atoms with Crippen molar-refractivity contribution in [1.29, 1.82) is 0 Å². The fraction of sp³-hybridized carbons (Fsp3) is 0.120. The molecule has 0 N–H and O–H groups in total. The molecule has 0 bridgehead atoms. The van der Waals surface area contributed by atoms with Gasteiger partial charge in [0.05, 0.1) is 25.2 Å². The van der Waals surface area contributed by atoms with E-state index in [9.17, 15) is 9.59 Å². The first kappa shape index (κ1) is 21.0. The van der Waals surface area contributed by atoms with Gasteiger partial charge < -0.3 is 23.4 Å². The Bertz CT molecular complexity index is 1310. The summed E-state index contributed by atoms with van der Waals surface area (Å²) in [6.45, 7) is 0.286. The molecule has 162 valence electrons. The average Bonchev–Trinajstić information content (AvgIpc) is 2.84. The Balaban J connectivity index is 1.49. The van der Waals surface area contributed by atoms with Crippen LogP contribution in [0.1, 0.15) is 15.9 Å². The van der Waals surface area contributed by atoms with Gasteiger partial charge in [-0.25, -0.2) is 4.79 Å². The lowest BCUT2D eigenvalue weighted by molar-refractivity contribution is 0.0600. The van der Waals surface area contributed by atoms with Gasteiger partial charge in [0.25, 0.3) is 0 Å². The van der Waals surface area contributed by atoms with Crippen molar-refractivity contribution in [2.45, 2.75) is 6.61 Å². The van der Waals surface area contributed by atoms with Crippen LogP contribution in [-0.2, 0) is 11.3 Å². The second-order valence-electron chi connectivity index (χ2n) is 6.85. The lowest BCUT2D eigenvalue weighted by atomic mass is 10.1. The van der Waals surface area contributed by atoms with Crippen LogP contribution in [0.15, 0.2) is 82.2 Å². The van der Waals surface area contributed by atoms with Gasteiger partial charge in [-0.1, -0.05) is 18.2 Å². The molecule has 0 aliphatic carbocycles. The smallest absolute Gasteiger partial charge is 0.337 e. The number of ether oxygens (including phenoxy) is 4. The summed E-state index contributed by atoms with van der Waals surface area (Å²) >= 11 is 0. The zero-order chi connectivity index (χ0) is 22.5. The highest BCUT2D eigenvalue weighted by molar-refractivity contribution is 5.89. The van der Waals surface area contributed by atoms with Crippen molar-refractivity contribution in [2.75, 3.05) is 14.2 Å². The molecule has 0 saturated heterocycles. The van der Waals surface area contributed by atoms with Crippen LogP contribution in [0.5, 0.6) is 23.0 Å². The number of methoxy groups -OCH3 is 2. The van der Waals surface area contributed by atoms with Gasteiger partial charge in [-0.15, -0.1) is 0 Å². The molecule has 0 fully saturated rings. The number of rotatable bonds is 7. The number of carbonyl (C=O) groups excluding carboxylic acids is 1. The topological polar surface area (TPSA) is 84.2 Å². The van der Waals surface area contributed by atoms with E-state index in [0.717, 1.165) is 5.56 Å². The normalized spacial score (nSPS) is 10.6. The molecule has 7 nitrogen and oxygen atoms in total. The van der Waals surface area contributed by atoms with Crippen LogP contribution in [-0.4, -0.2) is 20.2 Å². The van der Waals surface area contributed by atoms with Gasteiger partial charge in [0.2, 0.25) is 11.2 Å². The van der Waals surface area contributed by atoms with Gasteiger partial charge in [0, 0.05) is 12.1 Å². The maximum atomic E-state index is 12.8. The van der Waals surface area contributed by atoms with Crippen molar-refractivity contribution in [3.8, 4) is 23.0 Å². The molecule has 32 heavy (non-hydrogen) atoms. The summed E-state index contributed by atoms with van der Waals surface area (Å²) in [6.07, 6.45) is 1.28. The van der Waals surface area contributed by atoms with E-state index in [1.165, 1.54) is 13.4 Å². The van der Waals surface area contributed by atoms with Crippen LogP contribution in [0.3, 0.4) is 0 Å². The maximum absolute atomic E-state index is 12.8. The summed E-state index contributed by atoms with van der Waals surface area (Å²) in [6, 6.07) is 18.8. The largest absolute Gasteiger partial charge is 0.497 e. The van der Waals surface area contributed by atoms with E-state index in [2.05, 4.69) is 4.74 Å². The molecule has 0 atom stereocenters. The standard InChI is InChI=1S/C25H20O7/c1-28-18-4-3-5-20(12-18)32-23-15-31-22-13-19(10-11-21(22)24(23)26)30-14-16-6-8-17(9-7-16)25(27)29-2/h3-13,15H,14H2,1-2H3. The molecule has 4 rings (SSSR count). The first-order valence-corrected chi connectivity index (χ1v) is 9.75. The van der Waals surface area contributed by atoms with Gasteiger partial charge >= 0.3 is 5.97 Å². The SMILES string of the molecule is COC(=O)c1ccc(COc2ccc3c(=O)c(Oc4cccc(OC)c4)coc3c2)cc1. The molecule has 0 aliphatic heterocycles. The van der Waals surface area contributed by atoms with E-state index < -0.39 is 5.97 Å². The van der Waals surface area contributed by atoms with Gasteiger partial charge in [-0.05, 0) is 42.0 Å². The van der Waals surface area contributed by atoms with Crippen LogP contribution >= 0.6 is 0 Å². The summed E-state index contributed by atoms with van der Waals surface area (Å²) in [5, 5.41) is 0.375. The molecule has 0 radical (unpaired) electrons. The predicted octanol–water partition coefficient (Wildman–Crippen LogP) is 4.96. The van der Waals surface area contributed by atoms with Gasteiger partial charge in [-0.3, -0.25) is 4.79 Å². The Hall–Kier alpha value is -4.26. The van der Waals surface area contributed by atoms with E-state index in [1.54, 1.807) is 73.8 Å². The average molecular weight is 432 g/mol. The molecule has 3 aromatic carbocycles. The third-order valence-corrected chi connectivity index (χ3v) is 4.76. The van der Waals surface area contributed by atoms with Gasteiger partial charge in [0.15, 0.2) is 0 Å². The van der Waals surface area contributed by atoms with Crippen molar-refractivity contribution < 1.29 is 28.2 Å². The predicted molar refractivity (Wildman–Crippen MR) is 118 cm³/mol. The summed E-state index contributed by atoms with van der Waals surface area (Å²) in [4.78, 5) is 24.3. The number of hydrogen-bond acceptors (Lipinski definition) is 7. The van der Waals surface area contributed by atoms with Crippen LogP contribution in [0.25, 0.3) is 11.0 Å². The zero-order valence-electron chi connectivity index (χ0n) is 17.5. The molecule has 1 heterocycles. The Kier molecular flexibility index (Phi) is 6.07. The number of esters is 1. The Morgan fingerprint density at radius 3 is 2.44 bits per heavy atom. The third kappa shape index (κ3) is 4.57. The second-order valence-corrected chi connectivity index (χ2v) is 6.85. The molecule has 4 aromatic rings. The molecule has 0 spiro atoms.